The number of methoxy groups -OCH3 is 1. The average molecular weight is 257 g/mol. The van der Waals surface area contributed by atoms with Gasteiger partial charge in [0.1, 0.15) is 12.5 Å². The molecule has 1 aromatic heterocycles. The first kappa shape index (κ1) is 12.6. The van der Waals surface area contributed by atoms with Crippen molar-refractivity contribution in [3.8, 4) is 6.07 Å². The van der Waals surface area contributed by atoms with Gasteiger partial charge in [0.05, 0.1) is 7.11 Å². The molecule has 0 saturated carbocycles. The molecule has 0 radical (unpaired) electrons. The molecule has 0 aliphatic heterocycles. The topological polar surface area (TPSA) is 88.1 Å². The molecule has 19 heavy (non-hydrogen) atoms. The molecule has 1 heterocycles. The van der Waals surface area contributed by atoms with Gasteiger partial charge in [-0.1, -0.05) is 18.2 Å². The predicted molar refractivity (Wildman–Crippen MR) is 66.7 cm³/mol. The van der Waals surface area contributed by atoms with Crippen molar-refractivity contribution in [3.05, 3.63) is 41.9 Å². The number of para-hydroxylation sites is 1. The summed E-state index contributed by atoms with van der Waals surface area (Å²) in [6, 6.07) is 11.1. The largest absolute Gasteiger partial charge is 0.469 e. The molecule has 6 heteroatoms. The van der Waals surface area contributed by atoms with Gasteiger partial charge in [-0.2, -0.15) is 10.2 Å². The second kappa shape index (κ2) is 5.69. The van der Waals surface area contributed by atoms with Crippen LogP contribution in [0.4, 0.5) is 11.6 Å². The summed E-state index contributed by atoms with van der Waals surface area (Å²) in [4.78, 5) is 15.0. The fraction of sp³-hybridized carbons (Fsp3) is 0.154. The third-order valence-electron chi connectivity index (χ3n) is 2.33. The van der Waals surface area contributed by atoms with Crippen LogP contribution in [0.15, 0.2) is 34.7 Å². The number of carbonyl (C=O) groups is 1. The lowest BCUT2D eigenvalue weighted by Crippen LogP contribution is -2.04. The zero-order valence-electron chi connectivity index (χ0n) is 10.2. The molecule has 2 rings (SSSR count). The van der Waals surface area contributed by atoms with Crippen LogP contribution in [0.3, 0.4) is 0 Å². The number of esters is 1. The fourth-order valence-corrected chi connectivity index (χ4v) is 1.45. The van der Waals surface area contributed by atoms with Crippen molar-refractivity contribution in [2.45, 2.75) is 6.42 Å². The molecule has 0 saturated heterocycles. The number of nitrogens with one attached hydrogen (secondary N) is 1. The number of nitrogens with zero attached hydrogens (tertiary/aromatic N) is 2. The van der Waals surface area contributed by atoms with Crippen molar-refractivity contribution in [2.75, 3.05) is 12.4 Å². The van der Waals surface area contributed by atoms with E-state index in [1.165, 1.54) is 7.11 Å². The minimum Gasteiger partial charge on any atom is -0.469 e. The lowest BCUT2D eigenvalue weighted by atomic mass is 10.3. The second-order valence-electron chi connectivity index (χ2n) is 3.64. The third kappa shape index (κ3) is 3.10. The molecule has 0 bridgehead atoms. The van der Waals surface area contributed by atoms with E-state index in [0.717, 1.165) is 5.69 Å². The number of nitriles is 1. The van der Waals surface area contributed by atoms with Crippen LogP contribution in [-0.4, -0.2) is 18.1 Å². The van der Waals surface area contributed by atoms with Crippen LogP contribution >= 0.6 is 0 Å². The maximum Gasteiger partial charge on any atom is 0.314 e. The number of anilines is 2. The smallest absolute Gasteiger partial charge is 0.314 e. The quantitative estimate of drug-likeness (QED) is 0.843. The second-order valence-corrected chi connectivity index (χ2v) is 3.64. The van der Waals surface area contributed by atoms with Gasteiger partial charge in [-0.25, -0.2) is 0 Å². The van der Waals surface area contributed by atoms with Gasteiger partial charge in [0.15, 0.2) is 0 Å². The van der Waals surface area contributed by atoms with Crippen molar-refractivity contribution in [1.82, 2.24) is 4.98 Å². The van der Waals surface area contributed by atoms with E-state index in [9.17, 15) is 4.79 Å². The molecule has 1 aromatic carbocycles. The van der Waals surface area contributed by atoms with Crippen LogP contribution in [0.1, 0.15) is 11.6 Å². The molecule has 96 valence electrons. The maximum absolute atomic E-state index is 11.1. The van der Waals surface area contributed by atoms with Gasteiger partial charge in [-0.05, 0) is 12.1 Å². The zero-order chi connectivity index (χ0) is 13.7. The van der Waals surface area contributed by atoms with Crippen molar-refractivity contribution < 1.29 is 13.9 Å². The van der Waals surface area contributed by atoms with Crippen molar-refractivity contribution in [1.29, 1.82) is 5.26 Å². The lowest BCUT2D eigenvalue weighted by Gasteiger charge is -2.01. The van der Waals surface area contributed by atoms with E-state index < -0.39 is 5.97 Å². The van der Waals surface area contributed by atoms with Crippen LogP contribution in [0.25, 0.3) is 0 Å². The van der Waals surface area contributed by atoms with Crippen LogP contribution in [-0.2, 0) is 16.0 Å². The summed E-state index contributed by atoms with van der Waals surface area (Å²) in [7, 11) is 1.28. The highest BCUT2D eigenvalue weighted by Gasteiger charge is 2.15. The molecular weight excluding hydrogens is 246 g/mol. The highest BCUT2D eigenvalue weighted by atomic mass is 16.5. The first-order chi connectivity index (χ1) is 9.22. The van der Waals surface area contributed by atoms with Gasteiger partial charge < -0.3 is 14.5 Å². The van der Waals surface area contributed by atoms with Gasteiger partial charge >= 0.3 is 5.97 Å². The number of rotatable bonds is 4. The Balaban J connectivity index is 2.21. The first-order valence-corrected chi connectivity index (χ1v) is 5.51. The lowest BCUT2D eigenvalue weighted by molar-refractivity contribution is -0.140. The van der Waals surface area contributed by atoms with Crippen molar-refractivity contribution in [3.63, 3.8) is 0 Å². The number of ether oxygens (including phenoxy) is 1. The van der Waals surface area contributed by atoms with E-state index in [2.05, 4.69) is 15.0 Å². The Labute approximate surface area is 109 Å². The highest BCUT2D eigenvalue weighted by molar-refractivity contribution is 5.71. The summed E-state index contributed by atoms with van der Waals surface area (Å²) in [6.45, 7) is 0. The normalized spacial score (nSPS) is 9.68. The van der Waals surface area contributed by atoms with Crippen LogP contribution in [0, 0.1) is 11.3 Å². The SMILES string of the molecule is COC(=O)Cc1nc(C#N)c(Nc2ccccc2)o1. The number of oxazole rings is 1. The molecule has 1 N–H and O–H groups in total. The van der Waals surface area contributed by atoms with Crippen molar-refractivity contribution in [2.24, 2.45) is 0 Å². The molecular formula is C13H11N3O3. The third-order valence-corrected chi connectivity index (χ3v) is 2.33. The van der Waals surface area contributed by atoms with E-state index in [-0.39, 0.29) is 23.9 Å². The van der Waals surface area contributed by atoms with Gasteiger partial charge in [-0.3, -0.25) is 4.79 Å². The minimum absolute atomic E-state index is 0.0998. The molecule has 0 aliphatic rings. The molecule has 0 aliphatic carbocycles. The molecule has 0 spiro atoms. The molecule has 0 amide bonds. The summed E-state index contributed by atoms with van der Waals surface area (Å²) in [5, 5.41) is 11.9. The Bertz CT molecular complexity index is 614. The highest BCUT2D eigenvalue weighted by Crippen LogP contribution is 2.21. The van der Waals surface area contributed by atoms with Crippen LogP contribution in [0.5, 0.6) is 0 Å². The summed E-state index contributed by atoms with van der Waals surface area (Å²) in [5.41, 5.74) is 0.863. The Morgan fingerprint density at radius 2 is 2.21 bits per heavy atom. The molecule has 6 nitrogen and oxygen atoms in total. The minimum atomic E-state index is -0.475. The van der Waals surface area contributed by atoms with E-state index in [0.29, 0.717) is 0 Å². The summed E-state index contributed by atoms with van der Waals surface area (Å²) in [6.07, 6.45) is -0.109. The Hall–Kier alpha value is -2.81. The number of aromatic nitrogens is 1. The number of benzene rings is 1. The van der Waals surface area contributed by atoms with Gasteiger partial charge in [0.25, 0.3) is 0 Å². The van der Waals surface area contributed by atoms with Gasteiger partial charge in [-0.15, -0.1) is 0 Å². The Morgan fingerprint density at radius 1 is 1.47 bits per heavy atom. The Morgan fingerprint density at radius 3 is 2.84 bits per heavy atom. The predicted octanol–water partition coefficient (Wildman–Crippen LogP) is 2.01. The molecule has 2 aromatic rings. The maximum atomic E-state index is 11.1. The summed E-state index contributed by atoms with van der Waals surface area (Å²) < 4.78 is 9.85. The summed E-state index contributed by atoms with van der Waals surface area (Å²) >= 11 is 0. The van der Waals surface area contributed by atoms with Gasteiger partial charge in [0, 0.05) is 5.69 Å². The van der Waals surface area contributed by atoms with E-state index >= 15 is 0 Å². The standard InChI is InChI=1S/C13H11N3O3/c1-18-12(17)7-11-16-10(8-14)13(19-11)15-9-5-3-2-4-6-9/h2-6,15H,7H2,1H3. The average Bonchev–Trinajstić information content (AvgIpc) is 2.81. The monoisotopic (exact) mass is 257 g/mol. The first-order valence-electron chi connectivity index (χ1n) is 5.51. The summed E-state index contributed by atoms with van der Waals surface area (Å²) in [5.74, 6) is -0.119. The van der Waals surface area contributed by atoms with E-state index in [1.54, 1.807) is 0 Å². The molecule has 0 unspecified atom stereocenters. The van der Waals surface area contributed by atoms with Crippen molar-refractivity contribution >= 4 is 17.5 Å². The van der Waals surface area contributed by atoms with Crippen LogP contribution < -0.4 is 5.32 Å². The zero-order valence-corrected chi connectivity index (χ0v) is 10.2. The van der Waals surface area contributed by atoms with E-state index in [4.69, 9.17) is 9.68 Å². The molecule has 0 atom stereocenters. The number of hydrogen-bond donors (Lipinski definition) is 1. The number of carbonyl (C=O) groups excluding carboxylic acids is 1. The van der Waals surface area contributed by atoms with E-state index in [1.807, 2.05) is 36.4 Å². The van der Waals surface area contributed by atoms with Gasteiger partial charge in [0.2, 0.25) is 17.5 Å². The molecule has 0 fully saturated rings. The fourth-order valence-electron chi connectivity index (χ4n) is 1.45. The Kier molecular flexibility index (Phi) is 3.78. The van der Waals surface area contributed by atoms with Crippen LogP contribution in [0.2, 0.25) is 0 Å². The number of hydrogen-bond acceptors (Lipinski definition) is 6.